The number of para-hydroxylation sites is 1. The summed E-state index contributed by atoms with van der Waals surface area (Å²) in [5.74, 6) is -0.301. The average molecular weight is 268 g/mol. The van der Waals surface area contributed by atoms with Crippen molar-refractivity contribution in [2.45, 2.75) is 6.92 Å². The van der Waals surface area contributed by atoms with E-state index in [2.05, 4.69) is 4.74 Å². The summed E-state index contributed by atoms with van der Waals surface area (Å²) in [5.41, 5.74) is 0.174. The summed E-state index contributed by atoms with van der Waals surface area (Å²) < 4.78 is 9.57. The van der Waals surface area contributed by atoms with Gasteiger partial charge in [0, 0.05) is 6.54 Å². The van der Waals surface area contributed by atoms with Crippen molar-refractivity contribution in [3.05, 3.63) is 28.3 Å². The predicted octanol–water partition coefficient (Wildman–Crippen LogP) is 1.60. The van der Waals surface area contributed by atoms with Crippen LogP contribution in [0.5, 0.6) is 5.75 Å². The van der Waals surface area contributed by atoms with Gasteiger partial charge in [-0.15, -0.1) is 0 Å². The van der Waals surface area contributed by atoms with E-state index in [-0.39, 0.29) is 18.0 Å². The van der Waals surface area contributed by atoms with Crippen molar-refractivity contribution >= 4 is 17.3 Å². The first-order valence-electron chi connectivity index (χ1n) is 5.68. The van der Waals surface area contributed by atoms with Gasteiger partial charge in [-0.3, -0.25) is 14.9 Å². The molecule has 0 heterocycles. The van der Waals surface area contributed by atoms with Crippen molar-refractivity contribution in [1.29, 1.82) is 0 Å². The van der Waals surface area contributed by atoms with Crippen LogP contribution in [0.2, 0.25) is 0 Å². The quantitative estimate of drug-likeness (QED) is 0.443. The molecule has 104 valence electrons. The number of hydrogen-bond donors (Lipinski definition) is 0. The molecule has 7 heteroatoms. The summed E-state index contributed by atoms with van der Waals surface area (Å²) in [6.45, 7) is 2.18. The fourth-order valence-corrected chi connectivity index (χ4v) is 1.70. The molecule has 7 nitrogen and oxygen atoms in total. The number of nitro groups is 1. The molecule has 0 radical (unpaired) electrons. The molecular formula is C12H16N2O5. The Balaban J connectivity index is 3.23. The molecule has 0 aliphatic rings. The van der Waals surface area contributed by atoms with Crippen LogP contribution in [-0.4, -0.2) is 38.2 Å². The number of carbonyl (C=O) groups excluding carboxylic acids is 1. The fraction of sp³-hybridized carbons (Fsp3) is 0.417. The van der Waals surface area contributed by atoms with Crippen molar-refractivity contribution in [2.24, 2.45) is 0 Å². The summed E-state index contributed by atoms with van der Waals surface area (Å²) in [6, 6.07) is 4.72. The van der Waals surface area contributed by atoms with E-state index in [4.69, 9.17) is 4.74 Å². The number of esters is 1. The van der Waals surface area contributed by atoms with Gasteiger partial charge < -0.3 is 14.4 Å². The summed E-state index contributed by atoms with van der Waals surface area (Å²) in [6.07, 6.45) is 0. The molecule has 0 atom stereocenters. The fourth-order valence-electron chi connectivity index (χ4n) is 1.70. The van der Waals surface area contributed by atoms with E-state index in [0.717, 1.165) is 0 Å². The maximum atomic E-state index is 11.3. The number of rotatable bonds is 6. The Morgan fingerprint density at radius 3 is 2.58 bits per heavy atom. The van der Waals surface area contributed by atoms with Gasteiger partial charge in [0.05, 0.1) is 19.1 Å². The van der Waals surface area contributed by atoms with E-state index in [0.29, 0.717) is 12.2 Å². The second-order valence-corrected chi connectivity index (χ2v) is 3.68. The van der Waals surface area contributed by atoms with Gasteiger partial charge >= 0.3 is 11.7 Å². The van der Waals surface area contributed by atoms with E-state index in [1.807, 2.05) is 0 Å². The van der Waals surface area contributed by atoms with Crippen molar-refractivity contribution in [3.8, 4) is 5.75 Å². The Kier molecular flexibility index (Phi) is 5.11. The molecule has 0 amide bonds. The number of carbonyl (C=O) groups is 1. The van der Waals surface area contributed by atoms with Crippen molar-refractivity contribution < 1.29 is 19.2 Å². The largest absolute Gasteiger partial charge is 0.490 e. The standard InChI is InChI=1S/C12H16N2O5/c1-4-13(8-11(15)19-3)9-6-5-7-10(18-2)12(9)14(16)17/h5-7H,4,8H2,1-3H3. The zero-order valence-corrected chi connectivity index (χ0v) is 11.1. The first-order chi connectivity index (χ1) is 9.04. The van der Waals surface area contributed by atoms with Crippen LogP contribution < -0.4 is 9.64 Å². The summed E-state index contributed by atoms with van der Waals surface area (Å²) in [5, 5.41) is 11.2. The van der Waals surface area contributed by atoms with Crippen LogP contribution in [0.15, 0.2) is 18.2 Å². The molecule has 0 spiro atoms. The number of hydrogen-bond acceptors (Lipinski definition) is 6. The lowest BCUT2D eigenvalue weighted by molar-refractivity contribution is -0.385. The zero-order valence-electron chi connectivity index (χ0n) is 11.1. The number of ether oxygens (including phenoxy) is 2. The molecule has 1 aromatic carbocycles. The highest BCUT2D eigenvalue weighted by atomic mass is 16.6. The Morgan fingerprint density at radius 2 is 2.11 bits per heavy atom. The van der Waals surface area contributed by atoms with Gasteiger partial charge in [0.2, 0.25) is 0 Å². The minimum Gasteiger partial charge on any atom is -0.490 e. The lowest BCUT2D eigenvalue weighted by atomic mass is 10.2. The smallest absolute Gasteiger partial charge is 0.333 e. The molecular weight excluding hydrogens is 252 g/mol. The molecule has 0 saturated carbocycles. The third-order valence-corrected chi connectivity index (χ3v) is 2.65. The molecule has 0 fully saturated rings. The topological polar surface area (TPSA) is 81.9 Å². The number of likely N-dealkylation sites (N-methyl/N-ethyl adjacent to an activating group) is 1. The highest BCUT2D eigenvalue weighted by molar-refractivity contribution is 5.79. The Morgan fingerprint density at radius 1 is 1.42 bits per heavy atom. The van der Waals surface area contributed by atoms with Crippen LogP contribution in [0.3, 0.4) is 0 Å². The highest BCUT2D eigenvalue weighted by Gasteiger charge is 2.25. The van der Waals surface area contributed by atoms with Crippen LogP contribution in [0.1, 0.15) is 6.92 Å². The van der Waals surface area contributed by atoms with E-state index < -0.39 is 10.9 Å². The molecule has 0 bridgehead atoms. The number of nitrogens with zero attached hydrogens (tertiary/aromatic N) is 2. The molecule has 0 aromatic heterocycles. The molecule has 0 saturated heterocycles. The van der Waals surface area contributed by atoms with E-state index >= 15 is 0 Å². The van der Waals surface area contributed by atoms with Gasteiger partial charge in [0.25, 0.3) is 0 Å². The maximum Gasteiger partial charge on any atom is 0.333 e. The Hall–Kier alpha value is -2.31. The molecule has 0 aliphatic carbocycles. The summed E-state index contributed by atoms with van der Waals surface area (Å²) in [4.78, 5) is 23.5. The van der Waals surface area contributed by atoms with E-state index in [9.17, 15) is 14.9 Å². The monoisotopic (exact) mass is 268 g/mol. The van der Waals surface area contributed by atoms with Gasteiger partial charge in [0.1, 0.15) is 12.2 Å². The first kappa shape index (κ1) is 14.7. The number of anilines is 1. The van der Waals surface area contributed by atoms with Crippen LogP contribution >= 0.6 is 0 Å². The third-order valence-electron chi connectivity index (χ3n) is 2.65. The maximum absolute atomic E-state index is 11.3. The lowest BCUT2D eigenvalue weighted by Crippen LogP contribution is -2.30. The van der Waals surface area contributed by atoms with Crippen molar-refractivity contribution in [2.75, 3.05) is 32.2 Å². The number of methoxy groups -OCH3 is 2. The predicted molar refractivity (Wildman–Crippen MR) is 69.6 cm³/mol. The minimum atomic E-state index is -0.520. The first-order valence-corrected chi connectivity index (χ1v) is 5.68. The second kappa shape index (κ2) is 6.58. The number of benzene rings is 1. The van der Waals surface area contributed by atoms with Gasteiger partial charge in [0.15, 0.2) is 5.75 Å². The highest BCUT2D eigenvalue weighted by Crippen LogP contribution is 2.36. The van der Waals surface area contributed by atoms with Gasteiger partial charge in [-0.05, 0) is 19.1 Å². The number of nitro benzene ring substituents is 1. The normalized spacial score (nSPS) is 9.84. The second-order valence-electron chi connectivity index (χ2n) is 3.68. The summed E-state index contributed by atoms with van der Waals surface area (Å²) >= 11 is 0. The summed E-state index contributed by atoms with van der Waals surface area (Å²) in [7, 11) is 2.64. The van der Waals surface area contributed by atoms with Crippen LogP contribution in [-0.2, 0) is 9.53 Å². The van der Waals surface area contributed by atoms with Crippen LogP contribution in [0.4, 0.5) is 11.4 Å². The molecule has 0 N–H and O–H groups in total. The van der Waals surface area contributed by atoms with Crippen molar-refractivity contribution in [1.82, 2.24) is 0 Å². The average Bonchev–Trinajstić information content (AvgIpc) is 2.43. The van der Waals surface area contributed by atoms with E-state index in [1.165, 1.54) is 20.3 Å². The molecule has 0 unspecified atom stereocenters. The van der Waals surface area contributed by atoms with E-state index in [1.54, 1.807) is 24.0 Å². The lowest BCUT2D eigenvalue weighted by Gasteiger charge is -2.21. The van der Waals surface area contributed by atoms with Crippen molar-refractivity contribution in [3.63, 3.8) is 0 Å². The Bertz CT molecular complexity index is 475. The molecule has 1 aromatic rings. The SMILES string of the molecule is CCN(CC(=O)OC)c1cccc(OC)c1[N+](=O)[O-]. The minimum absolute atomic E-state index is 0.0546. The molecule has 1 rings (SSSR count). The Labute approximate surface area is 110 Å². The molecule has 19 heavy (non-hydrogen) atoms. The van der Waals surface area contributed by atoms with Gasteiger partial charge in [-0.1, -0.05) is 6.07 Å². The van der Waals surface area contributed by atoms with Crippen LogP contribution in [0.25, 0.3) is 0 Å². The zero-order chi connectivity index (χ0) is 14.4. The van der Waals surface area contributed by atoms with Crippen LogP contribution in [0, 0.1) is 10.1 Å². The van der Waals surface area contributed by atoms with Gasteiger partial charge in [-0.2, -0.15) is 0 Å². The molecule has 0 aliphatic heterocycles. The van der Waals surface area contributed by atoms with Gasteiger partial charge in [-0.25, -0.2) is 0 Å². The third kappa shape index (κ3) is 3.34.